The fraction of sp³-hybridized carbons (Fsp3) is 0.286. The van der Waals surface area contributed by atoms with Gasteiger partial charge in [-0.3, -0.25) is 4.79 Å². The van der Waals surface area contributed by atoms with Crippen molar-refractivity contribution >= 4 is 5.91 Å². The van der Waals surface area contributed by atoms with E-state index in [0.717, 1.165) is 5.56 Å². The molecule has 0 atom stereocenters. The van der Waals surface area contributed by atoms with Gasteiger partial charge in [-0.25, -0.2) is 0 Å². The molecule has 1 aromatic heterocycles. The number of nitrogens with zero attached hydrogens (tertiary/aromatic N) is 2. The van der Waals surface area contributed by atoms with Crippen LogP contribution in [0.2, 0.25) is 0 Å². The van der Waals surface area contributed by atoms with Gasteiger partial charge in [0, 0.05) is 12.5 Å². The maximum absolute atomic E-state index is 12.1. The molecule has 0 saturated carbocycles. The third-order valence-electron chi connectivity index (χ3n) is 4.32. The third-order valence-corrected chi connectivity index (χ3v) is 4.32. The SMILES string of the molecule is COc1ccc(-c2noc(CNC(=O)CCc3ccc(C)cc3)n2)c(OC)c1. The summed E-state index contributed by atoms with van der Waals surface area (Å²) in [5.41, 5.74) is 3.02. The summed E-state index contributed by atoms with van der Waals surface area (Å²) in [6, 6.07) is 13.5. The second-order valence-electron chi connectivity index (χ2n) is 6.34. The van der Waals surface area contributed by atoms with Gasteiger partial charge in [0.25, 0.3) is 0 Å². The Morgan fingerprint density at radius 3 is 2.61 bits per heavy atom. The van der Waals surface area contributed by atoms with Gasteiger partial charge in [-0.1, -0.05) is 35.0 Å². The van der Waals surface area contributed by atoms with E-state index in [1.165, 1.54) is 5.56 Å². The number of amides is 1. The number of nitrogens with one attached hydrogen (secondary N) is 1. The fourth-order valence-electron chi connectivity index (χ4n) is 2.69. The molecule has 0 unspecified atom stereocenters. The van der Waals surface area contributed by atoms with Crippen LogP contribution in [0, 0.1) is 6.92 Å². The monoisotopic (exact) mass is 381 g/mol. The molecule has 0 aliphatic rings. The molecule has 1 N–H and O–H groups in total. The predicted octanol–water partition coefficient (Wildman–Crippen LogP) is 3.31. The van der Waals surface area contributed by atoms with Gasteiger partial charge in [0.05, 0.1) is 26.3 Å². The van der Waals surface area contributed by atoms with Crippen LogP contribution in [0.1, 0.15) is 23.4 Å². The highest BCUT2D eigenvalue weighted by atomic mass is 16.5. The van der Waals surface area contributed by atoms with Gasteiger partial charge in [-0.05, 0) is 31.0 Å². The number of carbonyl (C=O) groups excluding carboxylic acids is 1. The Labute approximate surface area is 163 Å². The van der Waals surface area contributed by atoms with Crippen LogP contribution in [-0.4, -0.2) is 30.3 Å². The van der Waals surface area contributed by atoms with E-state index >= 15 is 0 Å². The van der Waals surface area contributed by atoms with E-state index < -0.39 is 0 Å². The van der Waals surface area contributed by atoms with E-state index in [9.17, 15) is 4.79 Å². The summed E-state index contributed by atoms with van der Waals surface area (Å²) < 4.78 is 15.8. The minimum atomic E-state index is -0.0673. The van der Waals surface area contributed by atoms with Crippen LogP contribution in [0.5, 0.6) is 11.5 Å². The Morgan fingerprint density at radius 1 is 1.11 bits per heavy atom. The molecule has 0 saturated heterocycles. The van der Waals surface area contributed by atoms with E-state index in [1.54, 1.807) is 32.4 Å². The third kappa shape index (κ3) is 4.88. The van der Waals surface area contributed by atoms with Crippen molar-refractivity contribution in [2.45, 2.75) is 26.3 Å². The van der Waals surface area contributed by atoms with Gasteiger partial charge in [-0.2, -0.15) is 4.98 Å². The predicted molar refractivity (Wildman–Crippen MR) is 104 cm³/mol. The lowest BCUT2D eigenvalue weighted by molar-refractivity contribution is -0.121. The summed E-state index contributed by atoms with van der Waals surface area (Å²) in [4.78, 5) is 16.4. The first-order valence-corrected chi connectivity index (χ1v) is 8.96. The van der Waals surface area contributed by atoms with Gasteiger partial charge in [0.15, 0.2) is 0 Å². The number of benzene rings is 2. The number of aromatic nitrogens is 2. The minimum Gasteiger partial charge on any atom is -0.497 e. The molecule has 1 heterocycles. The quantitative estimate of drug-likeness (QED) is 0.644. The summed E-state index contributed by atoms with van der Waals surface area (Å²) in [5, 5.41) is 6.78. The smallest absolute Gasteiger partial charge is 0.246 e. The van der Waals surface area contributed by atoms with Crippen molar-refractivity contribution in [3.05, 3.63) is 59.5 Å². The van der Waals surface area contributed by atoms with Crippen LogP contribution >= 0.6 is 0 Å². The standard InChI is InChI=1S/C21H23N3O4/c1-14-4-6-15(7-5-14)8-11-19(25)22-13-20-23-21(24-28-20)17-10-9-16(26-2)12-18(17)27-3/h4-7,9-10,12H,8,11,13H2,1-3H3,(H,22,25). The van der Waals surface area contributed by atoms with Crippen molar-refractivity contribution in [1.29, 1.82) is 0 Å². The lowest BCUT2D eigenvalue weighted by Gasteiger charge is -2.07. The molecule has 7 heteroatoms. The molecule has 1 amide bonds. The highest BCUT2D eigenvalue weighted by Gasteiger charge is 2.15. The second kappa shape index (κ2) is 9.03. The van der Waals surface area contributed by atoms with E-state index in [4.69, 9.17) is 14.0 Å². The number of aryl methyl sites for hydroxylation is 2. The zero-order chi connectivity index (χ0) is 19.9. The largest absolute Gasteiger partial charge is 0.497 e. The molecule has 146 valence electrons. The summed E-state index contributed by atoms with van der Waals surface area (Å²) in [6.45, 7) is 2.22. The van der Waals surface area contributed by atoms with Crippen LogP contribution in [0.15, 0.2) is 47.0 Å². The molecule has 0 bridgehead atoms. The molecule has 0 fully saturated rings. The van der Waals surface area contributed by atoms with E-state index in [0.29, 0.717) is 41.6 Å². The average molecular weight is 381 g/mol. The zero-order valence-electron chi connectivity index (χ0n) is 16.2. The van der Waals surface area contributed by atoms with Crippen LogP contribution in [0.4, 0.5) is 0 Å². The molecular weight excluding hydrogens is 358 g/mol. The fourth-order valence-corrected chi connectivity index (χ4v) is 2.69. The Morgan fingerprint density at radius 2 is 1.89 bits per heavy atom. The number of hydrogen-bond acceptors (Lipinski definition) is 6. The average Bonchev–Trinajstić information content (AvgIpc) is 3.20. The Balaban J connectivity index is 1.56. The Hall–Kier alpha value is -3.35. The lowest BCUT2D eigenvalue weighted by atomic mass is 10.1. The summed E-state index contributed by atoms with van der Waals surface area (Å²) in [5.74, 6) is 1.90. The molecule has 0 aliphatic heterocycles. The van der Waals surface area contributed by atoms with E-state index in [-0.39, 0.29) is 12.5 Å². The molecule has 7 nitrogen and oxygen atoms in total. The first-order chi connectivity index (χ1) is 13.6. The number of ether oxygens (including phenoxy) is 2. The highest BCUT2D eigenvalue weighted by molar-refractivity contribution is 5.76. The number of hydrogen-bond donors (Lipinski definition) is 1. The topological polar surface area (TPSA) is 86.5 Å². The van der Waals surface area contributed by atoms with Crippen molar-refractivity contribution in [3.63, 3.8) is 0 Å². The van der Waals surface area contributed by atoms with Crippen LogP contribution in [-0.2, 0) is 17.8 Å². The number of rotatable bonds is 8. The molecule has 3 aromatic rings. The molecule has 28 heavy (non-hydrogen) atoms. The van der Waals surface area contributed by atoms with Gasteiger partial charge in [-0.15, -0.1) is 0 Å². The number of methoxy groups -OCH3 is 2. The highest BCUT2D eigenvalue weighted by Crippen LogP contribution is 2.31. The van der Waals surface area contributed by atoms with Gasteiger partial charge in [0.2, 0.25) is 17.6 Å². The first kappa shape index (κ1) is 19.4. The van der Waals surface area contributed by atoms with Crippen molar-refractivity contribution in [2.24, 2.45) is 0 Å². The van der Waals surface area contributed by atoms with Crippen molar-refractivity contribution in [3.8, 4) is 22.9 Å². The maximum atomic E-state index is 12.1. The van der Waals surface area contributed by atoms with Crippen LogP contribution in [0.3, 0.4) is 0 Å². The molecule has 0 radical (unpaired) electrons. The Bertz CT molecular complexity index is 935. The number of carbonyl (C=O) groups is 1. The first-order valence-electron chi connectivity index (χ1n) is 8.96. The minimum absolute atomic E-state index is 0.0673. The van der Waals surface area contributed by atoms with Crippen molar-refractivity contribution in [2.75, 3.05) is 14.2 Å². The maximum Gasteiger partial charge on any atom is 0.246 e. The zero-order valence-corrected chi connectivity index (χ0v) is 16.2. The summed E-state index contributed by atoms with van der Waals surface area (Å²) in [7, 11) is 3.15. The molecule has 3 rings (SSSR count). The molecule has 2 aromatic carbocycles. The van der Waals surface area contributed by atoms with Crippen LogP contribution < -0.4 is 14.8 Å². The van der Waals surface area contributed by atoms with Gasteiger partial charge in [0.1, 0.15) is 11.5 Å². The van der Waals surface area contributed by atoms with E-state index in [2.05, 4.69) is 15.5 Å². The molecule has 0 spiro atoms. The normalized spacial score (nSPS) is 10.5. The van der Waals surface area contributed by atoms with Crippen molar-refractivity contribution in [1.82, 2.24) is 15.5 Å². The summed E-state index contributed by atoms with van der Waals surface area (Å²) >= 11 is 0. The van der Waals surface area contributed by atoms with Crippen LogP contribution in [0.25, 0.3) is 11.4 Å². The lowest BCUT2D eigenvalue weighted by Crippen LogP contribution is -2.23. The van der Waals surface area contributed by atoms with E-state index in [1.807, 2.05) is 31.2 Å². The molecule has 0 aliphatic carbocycles. The Kier molecular flexibility index (Phi) is 6.26. The summed E-state index contributed by atoms with van der Waals surface area (Å²) in [6.07, 6.45) is 1.08. The second-order valence-corrected chi connectivity index (χ2v) is 6.34. The molecular formula is C21H23N3O4. The van der Waals surface area contributed by atoms with Gasteiger partial charge >= 0.3 is 0 Å². The van der Waals surface area contributed by atoms with Crippen molar-refractivity contribution < 1.29 is 18.8 Å². The van der Waals surface area contributed by atoms with Gasteiger partial charge < -0.3 is 19.3 Å².